The average molecular weight is 348 g/mol. The van der Waals surface area contributed by atoms with Gasteiger partial charge in [0.2, 0.25) is 0 Å². The zero-order valence-electron chi connectivity index (χ0n) is 14.8. The van der Waals surface area contributed by atoms with Crippen molar-refractivity contribution < 1.29 is 19.1 Å². The Morgan fingerprint density at radius 2 is 1.69 bits per heavy atom. The molecule has 0 N–H and O–H groups in total. The van der Waals surface area contributed by atoms with Gasteiger partial charge in [-0.15, -0.1) is 0 Å². The molecule has 0 aliphatic rings. The molecule has 0 radical (unpaired) electrons. The SMILES string of the molecule is CCOC(=O)Cc1cc(C(=O)c2ccccc2)cc2ccc(OC)cc12. The highest BCUT2D eigenvalue weighted by Crippen LogP contribution is 2.27. The number of rotatable bonds is 6. The van der Waals surface area contributed by atoms with E-state index in [2.05, 4.69) is 0 Å². The first kappa shape index (κ1) is 17.7. The van der Waals surface area contributed by atoms with Gasteiger partial charge >= 0.3 is 5.97 Å². The lowest BCUT2D eigenvalue weighted by atomic mass is 9.94. The highest BCUT2D eigenvalue weighted by Gasteiger charge is 2.15. The highest BCUT2D eigenvalue weighted by molar-refractivity contribution is 6.11. The van der Waals surface area contributed by atoms with Crippen molar-refractivity contribution in [3.8, 4) is 5.75 Å². The Labute approximate surface area is 152 Å². The summed E-state index contributed by atoms with van der Waals surface area (Å²) in [7, 11) is 1.60. The Morgan fingerprint density at radius 1 is 0.923 bits per heavy atom. The summed E-state index contributed by atoms with van der Waals surface area (Å²) >= 11 is 0. The standard InChI is InChI=1S/C22H20O4/c1-3-26-21(23)13-17-12-18(22(24)15-7-5-4-6-8-15)11-16-9-10-19(25-2)14-20(16)17/h4-12,14H,3,13H2,1-2H3. The first-order valence-electron chi connectivity index (χ1n) is 8.48. The van der Waals surface area contributed by atoms with Gasteiger partial charge in [0.05, 0.1) is 20.1 Å². The molecular formula is C22H20O4. The minimum Gasteiger partial charge on any atom is -0.497 e. The molecule has 132 valence electrons. The number of benzene rings is 3. The van der Waals surface area contributed by atoms with E-state index in [1.165, 1.54) is 0 Å². The molecule has 3 aromatic rings. The molecule has 0 amide bonds. The molecule has 0 spiro atoms. The van der Waals surface area contributed by atoms with Crippen LogP contribution in [0.25, 0.3) is 10.8 Å². The maximum Gasteiger partial charge on any atom is 0.310 e. The number of carbonyl (C=O) groups excluding carboxylic acids is 2. The summed E-state index contributed by atoms with van der Waals surface area (Å²) in [5, 5.41) is 1.76. The lowest BCUT2D eigenvalue weighted by molar-refractivity contribution is -0.142. The van der Waals surface area contributed by atoms with Crippen LogP contribution in [0.2, 0.25) is 0 Å². The highest BCUT2D eigenvalue weighted by atomic mass is 16.5. The molecule has 0 aliphatic carbocycles. The van der Waals surface area contributed by atoms with Crippen LogP contribution in [0.15, 0.2) is 60.7 Å². The second-order valence-electron chi connectivity index (χ2n) is 5.90. The van der Waals surface area contributed by atoms with Gasteiger partial charge in [0.15, 0.2) is 5.78 Å². The van der Waals surface area contributed by atoms with Crippen LogP contribution in [0.1, 0.15) is 28.4 Å². The van der Waals surface area contributed by atoms with Crippen LogP contribution in [-0.2, 0) is 16.0 Å². The molecule has 0 saturated heterocycles. The molecular weight excluding hydrogens is 328 g/mol. The van der Waals surface area contributed by atoms with Gasteiger partial charge < -0.3 is 9.47 Å². The summed E-state index contributed by atoms with van der Waals surface area (Å²) in [6.07, 6.45) is 0.105. The van der Waals surface area contributed by atoms with E-state index in [4.69, 9.17) is 9.47 Å². The number of methoxy groups -OCH3 is 1. The number of fused-ring (bicyclic) bond motifs is 1. The fourth-order valence-corrected chi connectivity index (χ4v) is 2.94. The quantitative estimate of drug-likeness (QED) is 0.495. The van der Waals surface area contributed by atoms with E-state index < -0.39 is 0 Å². The van der Waals surface area contributed by atoms with Crippen molar-refractivity contribution in [2.24, 2.45) is 0 Å². The molecule has 0 bridgehead atoms. The Bertz CT molecular complexity index is 945. The fourth-order valence-electron chi connectivity index (χ4n) is 2.94. The van der Waals surface area contributed by atoms with Gasteiger partial charge in [-0.05, 0) is 47.5 Å². The van der Waals surface area contributed by atoms with Crippen LogP contribution in [-0.4, -0.2) is 25.5 Å². The number of ketones is 1. The number of ether oxygens (including phenoxy) is 2. The van der Waals surface area contributed by atoms with Crippen molar-refractivity contribution in [2.45, 2.75) is 13.3 Å². The molecule has 3 aromatic carbocycles. The second kappa shape index (κ2) is 7.83. The van der Waals surface area contributed by atoms with Crippen molar-refractivity contribution in [1.82, 2.24) is 0 Å². The average Bonchev–Trinajstić information content (AvgIpc) is 2.67. The van der Waals surface area contributed by atoms with Crippen molar-refractivity contribution in [1.29, 1.82) is 0 Å². The van der Waals surface area contributed by atoms with Crippen molar-refractivity contribution in [3.05, 3.63) is 77.4 Å². The van der Waals surface area contributed by atoms with E-state index in [1.54, 1.807) is 32.2 Å². The molecule has 0 saturated carbocycles. The Kier molecular flexibility index (Phi) is 5.32. The summed E-state index contributed by atoms with van der Waals surface area (Å²) in [5.41, 5.74) is 1.91. The van der Waals surface area contributed by atoms with Crippen LogP contribution in [0, 0.1) is 0 Å². The molecule has 26 heavy (non-hydrogen) atoms. The number of hydrogen-bond donors (Lipinski definition) is 0. The van der Waals surface area contributed by atoms with Crippen molar-refractivity contribution in [3.63, 3.8) is 0 Å². The first-order chi connectivity index (χ1) is 12.6. The van der Waals surface area contributed by atoms with Crippen LogP contribution in [0.5, 0.6) is 5.75 Å². The molecule has 3 rings (SSSR count). The third-order valence-corrected chi connectivity index (χ3v) is 4.19. The number of hydrogen-bond acceptors (Lipinski definition) is 4. The van der Waals surface area contributed by atoms with Crippen molar-refractivity contribution >= 4 is 22.5 Å². The largest absolute Gasteiger partial charge is 0.497 e. The summed E-state index contributed by atoms with van der Waals surface area (Å²) < 4.78 is 10.4. The van der Waals surface area contributed by atoms with Crippen LogP contribution < -0.4 is 4.74 Å². The molecule has 0 aromatic heterocycles. The van der Waals surface area contributed by atoms with E-state index in [0.29, 0.717) is 23.5 Å². The first-order valence-corrected chi connectivity index (χ1v) is 8.48. The maximum atomic E-state index is 12.8. The van der Waals surface area contributed by atoms with E-state index in [0.717, 1.165) is 16.3 Å². The second-order valence-corrected chi connectivity index (χ2v) is 5.90. The van der Waals surface area contributed by atoms with Gasteiger partial charge in [-0.2, -0.15) is 0 Å². The minimum absolute atomic E-state index is 0.0755. The summed E-state index contributed by atoms with van der Waals surface area (Å²) in [4.78, 5) is 24.9. The van der Waals surface area contributed by atoms with Crippen LogP contribution >= 0.6 is 0 Å². The van der Waals surface area contributed by atoms with Gasteiger partial charge in [-0.1, -0.05) is 36.4 Å². The zero-order chi connectivity index (χ0) is 18.5. The van der Waals surface area contributed by atoms with Gasteiger partial charge in [-0.25, -0.2) is 0 Å². The fraction of sp³-hybridized carbons (Fsp3) is 0.182. The summed E-state index contributed by atoms with van der Waals surface area (Å²) in [5.74, 6) is 0.305. The van der Waals surface area contributed by atoms with Crippen LogP contribution in [0.4, 0.5) is 0 Å². The predicted molar refractivity (Wildman–Crippen MR) is 101 cm³/mol. The summed E-state index contributed by atoms with van der Waals surface area (Å²) in [6, 6.07) is 18.3. The number of carbonyl (C=O) groups is 2. The van der Waals surface area contributed by atoms with Gasteiger partial charge in [-0.3, -0.25) is 9.59 Å². The molecule has 0 atom stereocenters. The van der Waals surface area contributed by atoms with Gasteiger partial charge in [0.1, 0.15) is 5.75 Å². The topological polar surface area (TPSA) is 52.6 Å². The molecule has 0 fully saturated rings. The molecule has 4 heteroatoms. The zero-order valence-corrected chi connectivity index (χ0v) is 14.8. The van der Waals surface area contributed by atoms with Gasteiger partial charge in [0, 0.05) is 11.1 Å². The molecule has 0 unspecified atom stereocenters. The van der Waals surface area contributed by atoms with E-state index in [-0.39, 0.29) is 18.2 Å². The maximum absolute atomic E-state index is 12.8. The summed E-state index contributed by atoms with van der Waals surface area (Å²) in [6.45, 7) is 2.09. The molecule has 4 nitrogen and oxygen atoms in total. The van der Waals surface area contributed by atoms with Crippen LogP contribution in [0.3, 0.4) is 0 Å². The van der Waals surface area contributed by atoms with E-state index in [9.17, 15) is 9.59 Å². The van der Waals surface area contributed by atoms with Crippen molar-refractivity contribution in [2.75, 3.05) is 13.7 Å². The third kappa shape index (κ3) is 3.75. The van der Waals surface area contributed by atoms with E-state index in [1.807, 2.05) is 42.5 Å². The van der Waals surface area contributed by atoms with E-state index >= 15 is 0 Å². The minimum atomic E-state index is -0.319. The number of esters is 1. The predicted octanol–water partition coefficient (Wildman–Crippen LogP) is 4.19. The lowest BCUT2D eigenvalue weighted by Gasteiger charge is -2.11. The molecule has 0 heterocycles. The van der Waals surface area contributed by atoms with Gasteiger partial charge in [0.25, 0.3) is 0 Å². The smallest absolute Gasteiger partial charge is 0.310 e. The lowest BCUT2D eigenvalue weighted by Crippen LogP contribution is -2.09. The Morgan fingerprint density at radius 3 is 2.38 bits per heavy atom. The normalized spacial score (nSPS) is 10.5. The Hall–Kier alpha value is -3.14. The molecule has 0 aliphatic heterocycles. The third-order valence-electron chi connectivity index (χ3n) is 4.19. The Balaban J connectivity index is 2.10. The monoisotopic (exact) mass is 348 g/mol.